The van der Waals surface area contributed by atoms with Crippen LogP contribution in [0.3, 0.4) is 0 Å². The van der Waals surface area contributed by atoms with Crippen LogP contribution in [0, 0.1) is 0 Å². The second-order valence-corrected chi connectivity index (χ2v) is 7.83. The molecule has 0 amide bonds. The molecule has 0 heterocycles. The third kappa shape index (κ3) is 3.29. The van der Waals surface area contributed by atoms with Crippen molar-refractivity contribution in [2.45, 2.75) is 17.7 Å². The summed E-state index contributed by atoms with van der Waals surface area (Å²) in [4.78, 5) is 0.0107. The van der Waals surface area contributed by atoms with Gasteiger partial charge in [-0.25, -0.2) is 8.42 Å². The van der Waals surface area contributed by atoms with Gasteiger partial charge in [-0.1, -0.05) is 24.3 Å². The summed E-state index contributed by atoms with van der Waals surface area (Å²) in [5.41, 5.74) is 0. The summed E-state index contributed by atoms with van der Waals surface area (Å²) in [6.45, 7) is 0. The van der Waals surface area contributed by atoms with Crippen LogP contribution in [-0.4, -0.2) is 23.1 Å². The molecule has 0 radical (unpaired) electrons. The molecule has 5 nitrogen and oxygen atoms in total. The van der Waals surface area contributed by atoms with Gasteiger partial charge in [0.05, 0.1) is 11.2 Å². The van der Waals surface area contributed by atoms with E-state index < -0.39 is 20.0 Å². The molecule has 0 bridgehead atoms. The third-order valence-corrected chi connectivity index (χ3v) is 5.02. The molecule has 7 heteroatoms. The Morgan fingerprint density at radius 2 is 1.70 bits per heavy atom. The van der Waals surface area contributed by atoms with Crippen molar-refractivity contribution in [3.63, 3.8) is 0 Å². The first-order valence-corrected chi connectivity index (χ1v) is 9.20. The minimum atomic E-state index is -3.78. The van der Waals surface area contributed by atoms with Crippen LogP contribution in [0.2, 0.25) is 0 Å². The van der Waals surface area contributed by atoms with E-state index >= 15 is 0 Å². The summed E-state index contributed by atoms with van der Waals surface area (Å²) >= 11 is 0. The summed E-state index contributed by atoms with van der Waals surface area (Å²) in [5.74, 6) is -0.0288. The van der Waals surface area contributed by atoms with Crippen molar-refractivity contribution in [3.05, 3.63) is 53.1 Å². The minimum absolute atomic E-state index is 0.0288. The molecular formula is C13H14O5S2. The van der Waals surface area contributed by atoms with Gasteiger partial charge in [-0.15, -0.1) is 0 Å². The molecule has 0 aliphatic heterocycles. The predicted octanol–water partition coefficient (Wildman–Crippen LogP) is 2.00. The average molecular weight is 314 g/mol. The Labute approximate surface area is 118 Å². The van der Waals surface area contributed by atoms with Gasteiger partial charge in [-0.2, -0.15) is 8.42 Å². The lowest BCUT2D eigenvalue weighted by Crippen LogP contribution is -2.13. The fourth-order valence-electron chi connectivity index (χ4n) is 1.85. The van der Waals surface area contributed by atoms with Gasteiger partial charge in [0.1, 0.15) is 10.7 Å². The van der Waals surface area contributed by atoms with Crippen LogP contribution in [0.5, 0.6) is 0 Å². The van der Waals surface area contributed by atoms with Gasteiger partial charge in [-0.3, -0.25) is 0 Å². The minimum Gasteiger partial charge on any atom is -0.386 e. The Morgan fingerprint density at radius 3 is 2.30 bits per heavy atom. The van der Waals surface area contributed by atoms with E-state index in [1.807, 2.05) is 0 Å². The Hall–Kier alpha value is -1.60. The molecule has 0 saturated heterocycles. The molecule has 0 unspecified atom stereocenters. The van der Waals surface area contributed by atoms with Gasteiger partial charge in [0.15, 0.2) is 0 Å². The number of sulfone groups is 1. The smallest absolute Gasteiger partial charge is 0.305 e. The molecule has 1 aliphatic carbocycles. The molecule has 2 rings (SSSR count). The summed E-state index contributed by atoms with van der Waals surface area (Å²) in [6.07, 6.45) is 4.76. The monoisotopic (exact) mass is 314 g/mol. The van der Waals surface area contributed by atoms with Crippen LogP contribution >= 0.6 is 0 Å². The fraction of sp³-hybridized carbons (Fsp3) is 0.231. The molecule has 0 N–H and O–H groups in total. The van der Waals surface area contributed by atoms with Gasteiger partial charge in [0, 0.05) is 6.42 Å². The highest BCUT2D eigenvalue weighted by Gasteiger charge is 2.26. The first kappa shape index (κ1) is 14.8. The summed E-state index contributed by atoms with van der Waals surface area (Å²) in [5, 5.41) is 0. The molecule has 1 aliphatic rings. The molecule has 1 aromatic rings. The van der Waals surface area contributed by atoms with Crippen molar-refractivity contribution >= 4 is 20.0 Å². The zero-order valence-electron chi connectivity index (χ0n) is 10.8. The van der Waals surface area contributed by atoms with Gasteiger partial charge in [0.25, 0.3) is 0 Å². The highest BCUT2D eigenvalue weighted by atomic mass is 32.2. The SMILES string of the molecule is CS(=O)(=O)OC1=C(S(=O)(=O)c2ccccc2)C=CCC1. The number of benzene rings is 1. The second-order valence-electron chi connectivity index (χ2n) is 4.33. The molecule has 20 heavy (non-hydrogen) atoms. The number of hydrogen-bond donors (Lipinski definition) is 0. The van der Waals surface area contributed by atoms with Crippen LogP contribution in [0.4, 0.5) is 0 Å². The van der Waals surface area contributed by atoms with Crippen LogP contribution in [-0.2, 0) is 24.1 Å². The van der Waals surface area contributed by atoms with E-state index in [4.69, 9.17) is 4.18 Å². The largest absolute Gasteiger partial charge is 0.386 e. The van der Waals surface area contributed by atoms with Crippen molar-refractivity contribution in [1.29, 1.82) is 0 Å². The first-order valence-electron chi connectivity index (χ1n) is 5.90. The van der Waals surface area contributed by atoms with E-state index in [0.717, 1.165) is 6.26 Å². The number of hydrogen-bond acceptors (Lipinski definition) is 5. The zero-order chi connectivity index (χ0) is 14.8. The van der Waals surface area contributed by atoms with Gasteiger partial charge < -0.3 is 4.18 Å². The van der Waals surface area contributed by atoms with E-state index in [0.29, 0.717) is 6.42 Å². The molecule has 0 atom stereocenters. The lowest BCUT2D eigenvalue weighted by Gasteiger charge is -2.15. The predicted molar refractivity (Wildman–Crippen MR) is 75.0 cm³/mol. The normalized spacial score (nSPS) is 16.2. The van der Waals surface area contributed by atoms with Gasteiger partial charge >= 0.3 is 10.1 Å². The van der Waals surface area contributed by atoms with E-state index in [1.54, 1.807) is 24.3 Å². The van der Waals surface area contributed by atoms with Crippen molar-refractivity contribution in [2.24, 2.45) is 0 Å². The van der Waals surface area contributed by atoms with Crippen LogP contribution in [0.15, 0.2) is 58.0 Å². The van der Waals surface area contributed by atoms with Gasteiger partial charge in [-0.05, 0) is 24.6 Å². The van der Waals surface area contributed by atoms with Crippen LogP contribution in [0.1, 0.15) is 12.8 Å². The standard InChI is InChI=1S/C13H14O5S2/c1-19(14,15)18-12-9-5-6-10-13(12)20(16,17)11-7-3-2-4-8-11/h2-4,6-8,10H,5,9H2,1H3. The average Bonchev–Trinajstić information content (AvgIpc) is 2.38. The Kier molecular flexibility index (Phi) is 4.01. The number of allylic oxidation sites excluding steroid dienone is 3. The molecule has 1 aromatic carbocycles. The Morgan fingerprint density at radius 1 is 1.05 bits per heavy atom. The summed E-state index contributed by atoms with van der Waals surface area (Å²) in [7, 11) is -7.54. The molecule has 0 aromatic heterocycles. The molecule has 0 fully saturated rings. The van der Waals surface area contributed by atoms with Crippen molar-refractivity contribution < 1.29 is 21.0 Å². The third-order valence-electron chi connectivity index (χ3n) is 2.68. The Balaban J connectivity index is 2.55. The maximum Gasteiger partial charge on any atom is 0.305 e. The maximum absolute atomic E-state index is 12.5. The lowest BCUT2D eigenvalue weighted by atomic mass is 10.2. The number of rotatable bonds is 4. The molecule has 108 valence electrons. The second kappa shape index (κ2) is 5.41. The quantitative estimate of drug-likeness (QED) is 0.794. The maximum atomic E-state index is 12.5. The molecule has 0 spiro atoms. The fourth-order valence-corrected chi connectivity index (χ4v) is 3.93. The Bertz CT molecular complexity index is 756. The highest BCUT2D eigenvalue weighted by Crippen LogP contribution is 2.29. The van der Waals surface area contributed by atoms with Crippen molar-refractivity contribution in [2.75, 3.05) is 6.26 Å². The highest BCUT2D eigenvalue weighted by molar-refractivity contribution is 7.95. The molecular weight excluding hydrogens is 300 g/mol. The van der Waals surface area contributed by atoms with E-state index in [-0.39, 0.29) is 22.0 Å². The molecule has 0 saturated carbocycles. The van der Waals surface area contributed by atoms with Crippen molar-refractivity contribution in [1.82, 2.24) is 0 Å². The summed E-state index contributed by atoms with van der Waals surface area (Å²) < 4.78 is 52.3. The van der Waals surface area contributed by atoms with Crippen LogP contribution < -0.4 is 0 Å². The topological polar surface area (TPSA) is 77.5 Å². The zero-order valence-corrected chi connectivity index (χ0v) is 12.4. The van der Waals surface area contributed by atoms with E-state index in [1.165, 1.54) is 18.2 Å². The summed E-state index contributed by atoms with van der Waals surface area (Å²) in [6, 6.07) is 7.85. The lowest BCUT2D eigenvalue weighted by molar-refractivity contribution is 0.393. The van der Waals surface area contributed by atoms with Gasteiger partial charge in [0.2, 0.25) is 9.84 Å². The van der Waals surface area contributed by atoms with E-state index in [2.05, 4.69) is 0 Å². The van der Waals surface area contributed by atoms with E-state index in [9.17, 15) is 16.8 Å². The first-order chi connectivity index (χ1) is 9.31. The van der Waals surface area contributed by atoms with Crippen molar-refractivity contribution in [3.8, 4) is 0 Å². The van der Waals surface area contributed by atoms with Crippen LogP contribution in [0.25, 0.3) is 0 Å².